The quantitative estimate of drug-likeness (QED) is 0.340. The van der Waals surface area contributed by atoms with E-state index in [1.807, 2.05) is 52.4 Å². The molecule has 0 saturated heterocycles. The van der Waals surface area contributed by atoms with Crippen LogP contribution in [0.4, 0.5) is 13.2 Å². The van der Waals surface area contributed by atoms with Crippen molar-refractivity contribution >= 4 is 29.0 Å². The molecule has 0 fully saturated rings. The maximum absolute atomic E-state index is 12.6. The summed E-state index contributed by atoms with van der Waals surface area (Å²) in [6.45, 7) is -0.0997. The molecule has 2 aromatic carbocycles. The van der Waals surface area contributed by atoms with E-state index in [4.69, 9.17) is 0 Å². The summed E-state index contributed by atoms with van der Waals surface area (Å²) >= 11 is 2.72. The van der Waals surface area contributed by atoms with E-state index in [-0.39, 0.29) is 29.5 Å². The number of amides is 1. The van der Waals surface area contributed by atoms with Crippen LogP contribution in [0.1, 0.15) is 5.56 Å². The van der Waals surface area contributed by atoms with Crippen molar-refractivity contribution in [2.75, 3.05) is 5.75 Å². The monoisotopic (exact) mass is 490 g/mol. The number of thioether (sulfide) groups is 1. The molecule has 4 aromatic rings. The maximum Gasteiger partial charge on any atom is 0.573 e. The Kier molecular flexibility index (Phi) is 6.99. The lowest BCUT2D eigenvalue weighted by molar-refractivity contribution is -0.274. The Morgan fingerprint density at radius 1 is 1.03 bits per heavy atom. The Balaban J connectivity index is 1.45. The van der Waals surface area contributed by atoms with Gasteiger partial charge < -0.3 is 10.1 Å². The van der Waals surface area contributed by atoms with Crippen molar-refractivity contribution in [3.05, 3.63) is 77.7 Å². The number of nitrogens with one attached hydrogen (secondary N) is 1. The fraction of sp³-hybridized carbons (Fsp3) is 0.136. The minimum atomic E-state index is -4.81. The van der Waals surface area contributed by atoms with Gasteiger partial charge in [-0.15, -0.1) is 34.7 Å². The number of nitrogens with zero attached hydrogens (tertiary/aromatic N) is 3. The van der Waals surface area contributed by atoms with E-state index in [0.29, 0.717) is 11.0 Å². The predicted molar refractivity (Wildman–Crippen MR) is 120 cm³/mol. The van der Waals surface area contributed by atoms with E-state index in [2.05, 4.69) is 20.3 Å². The van der Waals surface area contributed by atoms with E-state index in [1.54, 1.807) is 6.07 Å². The molecular formula is C22H17F3N4O2S2. The number of thiophene rings is 1. The number of hydrogen-bond acceptors (Lipinski definition) is 6. The number of benzene rings is 2. The van der Waals surface area contributed by atoms with Gasteiger partial charge in [0.2, 0.25) is 5.91 Å². The van der Waals surface area contributed by atoms with Crippen molar-refractivity contribution in [3.63, 3.8) is 0 Å². The average Bonchev–Trinajstić information content (AvgIpc) is 3.46. The standard InChI is InChI=1S/C22H17F3N4O2S2/c23-22(24,25)31-17-10-5-4-7-15(17)13-26-19(30)14-33-21-28-27-20(18-11-6-12-32-18)29(21)16-8-2-1-3-9-16/h1-12H,13-14H2,(H,26,30). The van der Waals surface area contributed by atoms with Crippen molar-refractivity contribution in [1.82, 2.24) is 20.1 Å². The first-order chi connectivity index (χ1) is 15.9. The van der Waals surface area contributed by atoms with Crippen molar-refractivity contribution in [1.29, 1.82) is 0 Å². The smallest absolute Gasteiger partial charge is 0.405 e. The Morgan fingerprint density at radius 3 is 2.52 bits per heavy atom. The highest BCUT2D eigenvalue weighted by molar-refractivity contribution is 7.99. The highest BCUT2D eigenvalue weighted by atomic mass is 32.2. The van der Waals surface area contributed by atoms with Crippen LogP contribution in [-0.2, 0) is 11.3 Å². The summed E-state index contributed by atoms with van der Waals surface area (Å²) in [7, 11) is 0. The van der Waals surface area contributed by atoms with E-state index in [0.717, 1.165) is 10.6 Å². The lowest BCUT2D eigenvalue weighted by Gasteiger charge is -2.13. The second kappa shape index (κ2) is 10.1. The molecule has 2 heterocycles. The fourth-order valence-corrected chi connectivity index (χ4v) is 4.47. The zero-order valence-corrected chi connectivity index (χ0v) is 18.6. The molecule has 6 nitrogen and oxygen atoms in total. The number of ether oxygens (including phenoxy) is 1. The van der Waals surface area contributed by atoms with Gasteiger partial charge in [0.05, 0.1) is 10.6 Å². The van der Waals surface area contributed by atoms with Gasteiger partial charge in [0.1, 0.15) is 5.75 Å². The molecule has 0 bridgehead atoms. The Labute approximate surface area is 195 Å². The molecule has 4 rings (SSSR count). The summed E-state index contributed by atoms with van der Waals surface area (Å²) in [6, 6.07) is 19.1. The fourth-order valence-electron chi connectivity index (χ4n) is 2.99. The summed E-state index contributed by atoms with van der Waals surface area (Å²) in [5, 5.41) is 13.6. The minimum Gasteiger partial charge on any atom is -0.405 e. The van der Waals surface area contributed by atoms with Gasteiger partial charge in [-0.25, -0.2) is 0 Å². The molecule has 0 saturated carbocycles. The van der Waals surface area contributed by atoms with E-state index in [9.17, 15) is 18.0 Å². The summed E-state index contributed by atoms with van der Waals surface area (Å²) < 4.78 is 43.6. The second-order valence-electron chi connectivity index (χ2n) is 6.68. The third kappa shape index (κ3) is 5.93. The van der Waals surface area contributed by atoms with Crippen molar-refractivity contribution in [2.45, 2.75) is 18.1 Å². The molecule has 0 aliphatic carbocycles. The SMILES string of the molecule is O=C(CSc1nnc(-c2cccs2)n1-c1ccccc1)NCc1ccccc1OC(F)(F)F. The maximum atomic E-state index is 12.6. The van der Waals surface area contributed by atoms with Gasteiger partial charge in [-0.05, 0) is 29.6 Å². The Hall–Kier alpha value is -3.31. The molecular weight excluding hydrogens is 473 g/mol. The number of halogens is 3. The average molecular weight is 491 g/mol. The first-order valence-corrected chi connectivity index (χ1v) is 11.5. The number of rotatable bonds is 8. The molecule has 0 aliphatic heterocycles. The van der Waals surface area contributed by atoms with Crippen LogP contribution in [-0.4, -0.2) is 32.8 Å². The third-order valence-corrected chi connectivity index (χ3v) is 6.19. The van der Waals surface area contributed by atoms with Crippen LogP contribution < -0.4 is 10.1 Å². The number of hydrogen-bond donors (Lipinski definition) is 1. The number of carbonyl (C=O) groups is 1. The number of para-hydroxylation sites is 2. The first-order valence-electron chi connectivity index (χ1n) is 9.68. The topological polar surface area (TPSA) is 69.0 Å². The van der Waals surface area contributed by atoms with E-state index in [1.165, 1.54) is 41.3 Å². The van der Waals surface area contributed by atoms with Crippen LogP contribution in [0, 0.1) is 0 Å². The molecule has 1 N–H and O–H groups in total. The highest BCUT2D eigenvalue weighted by Crippen LogP contribution is 2.30. The van der Waals surface area contributed by atoms with Crippen LogP contribution in [0.2, 0.25) is 0 Å². The largest absolute Gasteiger partial charge is 0.573 e. The number of carbonyl (C=O) groups excluding carboxylic acids is 1. The van der Waals surface area contributed by atoms with Gasteiger partial charge in [-0.1, -0.05) is 54.2 Å². The summed E-state index contributed by atoms with van der Waals surface area (Å²) in [6.07, 6.45) is -4.81. The number of alkyl halides is 3. The third-order valence-electron chi connectivity index (χ3n) is 4.40. The van der Waals surface area contributed by atoms with Crippen LogP contribution in [0.3, 0.4) is 0 Å². The van der Waals surface area contributed by atoms with Crippen LogP contribution in [0.5, 0.6) is 5.75 Å². The predicted octanol–water partition coefficient (Wildman–Crippen LogP) is 5.30. The van der Waals surface area contributed by atoms with Gasteiger partial charge in [0.15, 0.2) is 11.0 Å². The molecule has 1 amide bonds. The summed E-state index contributed by atoms with van der Waals surface area (Å²) in [5.74, 6) is -0.0284. The molecule has 2 aromatic heterocycles. The van der Waals surface area contributed by atoms with Gasteiger partial charge in [-0.2, -0.15) is 0 Å². The van der Waals surface area contributed by atoms with E-state index < -0.39 is 6.36 Å². The molecule has 33 heavy (non-hydrogen) atoms. The summed E-state index contributed by atoms with van der Waals surface area (Å²) in [4.78, 5) is 13.4. The highest BCUT2D eigenvalue weighted by Gasteiger charge is 2.32. The van der Waals surface area contributed by atoms with Crippen molar-refractivity contribution in [3.8, 4) is 22.1 Å². The molecule has 11 heteroatoms. The van der Waals surface area contributed by atoms with Crippen molar-refractivity contribution in [2.24, 2.45) is 0 Å². The molecule has 0 spiro atoms. The Bertz CT molecular complexity index is 1210. The number of aromatic nitrogens is 3. The van der Waals surface area contributed by atoms with Crippen molar-refractivity contribution < 1.29 is 22.7 Å². The normalized spacial score (nSPS) is 11.4. The lowest BCUT2D eigenvalue weighted by Crippen LogP contribution is -2.26. The second-order valence-corrected chi connectivity index (χ2v) is 8.57. The van der Waals surface area contributed by atoms with Crippen LogP contribution in [0.15, 0.2) is 77.3 Å². The van der Waals surface area contributed by atoms with Crippen LogP contribution in [0.25, 0.3) is 16.4 Å². The molecule has 0 unspecified atom stereocenters. The first kappa shape index (κ1) is 22.9. The van der Waals surface area contributed by atoms with Crippen LogP contribution >= 0.6 is 23.1 Å². The molecule has 0 radical (unpaired) electrons. The lowest BCUT2D eigenvalue weighted by atomic mass is 10.2. The molecule has 0 aliphatic rings. The Morgan fingerprint density at radius 2 is 1.79 bits per heavy atom. The minimum absolute atomic E-state index is 0.0116. The van der Waals surface area contributed by atoms with E-state index >= 15 is 0 Å². The van der Waals surface area contributed by atoms with Gasteiger partial charge in [-0.3, -0.25) is 9.36 Å². The van der Waals surface area contributed by atoms with Gasteiger partial charge in [0, 0.05) is 17.8 Å². The zero-order chi connectivity index (χ0) is 23.3. The summed E-state index contributed by atoms with van der Waals surface area (Å²) in [5.41, 5.74) is 1.08. The van der Waals surface area contributed by atoms with Gasteiger partial charge >= 0.3 is 6.36 Å². The molecule has 0 atom stereocenters. The van der Waals surface area contributed by atoms with Gasteiger partial charge in [0.25, 0.3) is 0 Å². The molecule has 170 valence electrons. The zero-order valence-electron chi connectivity index (χ0n) is 17.0.